The second-order valence-corrected chi connectivity index (χ2v) is 10.6. The van der Waals surface area contributed by atoms with Crippen LogP contribution in [0.4, 0.5) is 0 Å². The Kier molecular flexibility index (Phi) is 9.71. The Morgan fingerprint density at radius 2 is 0.875 bits per heavy atom. The fraction of sp³-hybridized carbons (Fsp3) is 0.444. The molecule has 0 amide bonds. The van der Waals surface area contributed by atoms with E-state index in [0.717, 1.165) is 4.32 Å². The van der Waals surface area contributed by atoms with Crippen molar-refractivity contribution >= 4 is 10.1 Å². The van der Waals surface area contributed by atoms with Crippen molar-refractivity contribution in [3.63, 3.8) is 0 Å². The third-order valence-corrected chi connectivity index (χ3v) is 6.98. The Balaban J connectivity index is 0.00000363. The Bertz CT molecular complexity index is 984. The van der Waals surface area contributed by atoms with Gasteiger partial charge in [-0.15, -0.1) is 0 Å². The van der Waals surface area contributed by atoms with Gasteiger partial charge in [0.1, 0.15) is 0 Å². The summed E-state index contributed by atoms with van der Waals surface area (Å²) in [7, 11) is 6.57. The van der Waals surface area contributed by atoms with E-state index in [1.165, 1.54) is 47.2 Å². The zero-order valence-electron chi connectivity index (χ0n) is 20.3. The SMILES string of the molecule is CC(C)c1cccc(C(C)C)c1-n1ccn(-c2c(C(C)C)cccc2C(C)C)[c]1=[Cu-2][Cl].[Cu+2]. The predicted molar refractivity (Wildman–Crippen MR) is 131 cm³/mol. The van der Waals surface area contributed by atoms with Crippen molar-refractivity contribution < 1.29 is 30.7 Å². The first-order valence-electron chi connectivity index (χ1n) is 11.3. The molecule has 0 bridgehead atoms. The molecule has 0 saturated carbocycles. The summed E-state index contributed by atoms with van der Waals surface area (Å²) in [4.78, 5) is 0. The van der Waals surface area contributed by atoms with Gasteiger partial charge in [0.05, 0.1) is 0 Å². The second kappa shape index (κ2) is 11.4. The Morgan fingerprint density at radius 3 is 1.09 bits per heavy atom. The number of benzene rings is 2. The monoisotopic (exact) mass is 549 g/mol. The minimum Gasteiger partial charge on any atom is 2.00 e. The van der Waals surface area contributed by atoms with E-state index in [0.29, 0.717) is 23.7 Å². The third-order valence-electron chi connectivity index (χ3n) is 5.94. The Hall–Kier alpha value is -1.02. The number of nitrogens with zero attached hydrogens (tertiary/aromatic N) is 2. The van der Waals surface area contributed by atoms with E-state index >= 15 is 0 Å². The molecule has 2 nitrogen and oxygen atoms in total. The molecule has 3 rings (SSSR count). The van der Waals surface area contributed by atoms with Gasteiger partial charge in [0, 0.05) is 0 Å². The van der Waals surface area contributed by atoms with Crippen LogP contribution in [0.25, 0.3) is 11.4 Å². The van der Waals surface area contributed by atoms with Crippen molar-refractivity contribution in [3.05, 3.63) is 75.4 Å². The summed E-state index contributed by atoms with van der Waals surface area (Å²) in [6, 6.07) is 13.4. The molecule has 0 aliphatic heterocycles. The molecule has 0 fully saturated rings. The number of hydrogen-bond acceptors (Lipinski definition) is 0. The number of rotatable bonds is 6. The van der Waals surface area contributed by atoms with Gasteiger partial charge in [-0.25, -0.2) is 0 Å². The fourth-order valence-corrected chi connectivity index (χ4v) is 5.29. The van der Waals surface area contributed by atoms with Crippen molar-refractivity contribution in [2.24, 2.45) is 0 Å². The first kappa shape index (κ1) is 27.2. The molecule has 0 atom stereocenters. The molecule has 0 unspecified atom stereocenters. The standard InChI is InChI=1S/C27H36N2.ClH.2Cu/c1-18(2)22-11-9-12-23(19(3)4)26(22)28-15-16-29(17-28)27-24(20(5)6)13-10-14-25(27)21(7)8;;;/h9-16,18-21H,1-8H3;1H;;/q;;-1;+2/p-1. The summed E-state index contributed by atoms with van der Waals surface area (Å²) in [5.41, 5.74) is 7.92. The molecule has 1 radical (unpaired) electrons. The second-order valence-electron chi connectivity index (χ2n) is 9.52. The first-order chi connectivity index (χ1) is 14.7. The van der Waals surface area contributed by atoms with Crippen LogP contribution in [0.3, 0.4) is 0 Å². The predicted octanol–water partition coefficient (Wildman–Crippen LogP) is 8.53. The number of hydrogen-bond donors (Lipinski definition) is 0. The minimum absolute atomic E-state index is 0. The molecule has 183 valence electrons. The van der Waals surface area contributed by atoms with Crippen LogP contribution in [0, 0.1) is 4.32 Å². The topological polar surface area (TPSA) is 9.86 Å². The van der Waals surface area contributed by atoms with Crippen LogP contribution in [0.1, 0.15) is 101 Å². The largest absolute Gasteiger partial charge is 2.00 e. The summed E-state index contributed by atoms with van der Waals surface area (Å²) < 4.78 is 5.59. The van der Waals surface area contributed by atoms with Gasteiger partial charge in [0.25, 0.3) is 0 Å². The maximum atomic E-state index is 6.57. The van der Waals surface area contributed by atoms with E-state index in [1.807, 2.05) is 0 Å². The maximum absolute atomic E-state index is 6.57. The molecule has 0 spiro atoms. The fourth-order valence-electron chi connectivity index (χ4n) is 4.31. The van der Waals surface area contributed by atoms with E-state index in [1.54, 1.807) is 0 Å². The molecule has 5 heteroatoms. The molecular formula is C27H36ClCu2N2. The number of halogens is 1. The van der Waals surface area contributed by atoms with Crippen LogP contribution in [0.15, 0.2) is 48.8 Å². The number of para-hydroxylation sites is 2. The zero-order valence-corrected chi connectivity index (χ0v) is 22.9. The molecule has 1 aromatic heterocycles. The maximum Gasteiger partial charge on any atom is 2.00 e. The molecule has 0 N–H and O–H groups in total. The van der Waals surface area contributed by atoms with Gasteiger partial charge < -0.3 is 0 Å². The van der Waals surface area contributed by atoms with Gasteiger partial charge in [0.2, 0.25) is 0 Å². The van der Waals surface area contributed by atoms with E-state index in [2.05, 4.69) is 113 Å². The third kappa shape index (κ3) is 5.21. The summed E-state index contributed by atoms with van der Waals surface area (Å²) >= 11 is 1.40. The van der Waals surface area contributed by atoms with E-state index < -0.39 is 0 Å². The van der Waals surface area contributed by atoms with E-state index in [4.69, 9.17) is 10.1 Å². The molecule has 0 aliphatic carbocycles. The Labute approximate surface area is 214 Å². The van der Waals surface area contributed by atoms with Gasteiger partial charge in [-0.1, -0.05) is 0 Å². The summed E-state index contributed by atoms with van der Waals surface area (Å²) in [6.45, 7) is 18.1. The van der Waals surface area contributed by atoms with Crippen molar-refractivity contribution in [2.75, 3.05) is 0 Å². The molecule has 2 aromatic carbocycles. The average molecular weight is 551 g/mol. The van der Waals surface area contributed by atoms with Crippen LogP contribution in [0.5, 0.6) is 0 Å². The van der Waals surface area contributed by atoms with Gasteiger partial charge in [-0.2, -0.15) is 0 Å². The van der Waals surface area contributed by atoms with Crippen LogP contribution in [-0.4, -0.2) is 9.13 Å². The normalized spacial score (nSPS) is 11.8. The van der Waals surface area contributed by atoms with Gasteiger partial charge >= 0.3 is 216 Å². The molecule has 0 saturated heterocycles. The van der Waals surface area contributed by atoms with Crippen LogP contribution < -0.4 is 0 Å². The summed E-state index contributed by atoms with van der Waals surface area (Å²) in [5, 5.41) is 0. The van der Waals surface area contributed by atoms with Crippen molar-refractivity contribution in [1.29, 1.82) is 0 Å². The molecule has 1 heterocycles. The first-order valence-corrected chi connectivity index (χ1v) is 13.0. The average Bonchev–Trinajstić information content (AvgIpc) is 3.15. The number of imidazole rings is 1. The van der Waals surface area contributed by atoms with Gasteiger partial charge in [-0.05, 0) is 0 Å². The van der Waals surface area contributed by atoms with Crippen LogP contribution >= 0.6 is 10.1 Å². The molecular weight excluding hydrogens is 515 g/mol. The van der Waals surface area contributed by atoms with Crippen LogP contribution in [-0.2, 0) is 30.7 Å². The number of aromatic nitrogens is 2. The van der Waals surface area contributed by atoms with Gasteiger partial charge in [-0.3, -0.25) is 0 Å². The van der Waals surface area contributed by atoms with E-state index in [9.17, 15) is 0 Å². The molecule has 0 aliphatic rings. The molecule has 3 aromatic rings. The van der Waals surface area contributed by atoms with Crippen molar-refractivity contribution in [1.82, 2.24) is 9.13 Å². The van der Waals surface area contributed by atoms with Gasteiger partial charge in [0.15, 0.2) is 0 Å². The zero-order chi connectivity index (χ0) is 22.9. The Morgan fingerprint density at radius 1 is 0.594 bits per heavy atom. The van der Waals surface area contributed by atoms with Crippen molar-refractivity contribution in [2.45, 2.75) is 79.1 Å². The molecule has 32 heavy (non-hydrogen) atoms. The smallest absolute Gasteiger partial charge is 2.00 e. The van der Waals surface area contributed by atoms with Crippen LogP contribution in [0.2, 0.25) is 0 Å². The minimum atomic E-state index is 0. The summed E-state index contributed by atoms with van der Waals surface area (Å²) in [6.07, 6.45) is 4.35. The van der Waals surface area contributed by atoms with Crippen molar-refractivity contribution in [3.8, 4) is 11.4 Å². The van der Waals surface area contributed by atoms with E-state index in [-0.39, 0.29) is 17.1 Å². The summed E-state index contributed by atoms with van der Waals surface area (Å²) in [5.74, 6) is 1.69. The quantitative estimate of drug-likeness (QED) is 0.272.